The van der Waals surface area contributed by atoms with E-state index >= 15 is 0 Å². The third-order valence-electron chi connectivity index (χ3n) is 3.45. The summed E-state index contributed by atoms with van der Waals surface area (Å²) in [6.07, 6.45) is 2.46. The number of benzene rings is 1. The minimum atomic E-state index is -0.0850. The maximum atomic E-state index is 12.0. The first-order valence-electron chi connectivity index (χ1n) is 7.36. The van der Waals surface area contributed by atoms with Crippen LogP contribution in [0.25, 0.3) is 11.3 Å². The van der Waals surface area contributed by atoms with Gasteiger partial charge in [-0.15, -0.1) is 11.3 Å². The molecule has 0 aliphatic rings. The van der Waals surface area contributed by atoms with Crippen molar-refractivity contribution in [3.8, 4) is 11.3 Å². The zero-order valence-corrected chi connectivity index (χ0v) is 13.8. The molecule has 2 heterocycles. The van der Waals surface area contributed by atoms with Crippen molar-refractivity contribution < 1.29 is 9.21 Å². The summed E-state index contributed by atoms with van der Waals surface area (Å²) in [6.45, 7) is 3.92. The predicted octanol–water partition coefficient (Wildman–Crippen LogP) is 3.99. The molecule has 23 heavy (non-hydrogen) atoms. The lowest BCUT2D eigenvalue weighted by Gasteiger charge is -1.99. The molecule has 0 saturated heterocycles. The molecular weight excluding hydrogens is 310 g/mol. The second-order valence-electron chi connectivity index (χ2n) is 5.19. The van der Waals surface area contributed by atoms with Crippen molar-refractivity contribution in [1.29, 1.82) is 0 Å². The lowest BCUT2D eigenvalue weighted by Crippen LogP contribution is -2.12. The normalized spacial score (nSPS) is 10.7. The van der Waals surface area contributed by atoms with Crippen LogP contribution < -0.4 is 5.32 Å². The molecule has 0 saturated carbocycles. The van der Waals surface area contributed by atoms with Crippen molar-refractivity contribution in [2.24, 2.45) is 0 Å². The Hall–Kier alpha value is -2.47. The average Bonchev–Trinajstić information content (AvgIpc) is 3.13. The van der Waals surface area contributed by atoms with Gasteiger partial charge in [0.05, 0.1) is 11.9 Å². The number of oxazole rings is 1. The molecule has 0 aliphatic carbocycles. The van der Waals surface area contributed by atoms with Gasteiger partial charge in [0.25, 0.3) is 0 Å². The summed E-state index contributed by atoms with van der Waals surface area (Å²) in [5.41, 5.74) is 1.93. The van der Waals surface area contributed by atoms with Gasteiger partial charge in [-0.2, -0.15) is 0 Å². The van der Waals surface area contributed by atoms with Crippen LogP contribution in [0.2, 0.25) is 0 Å². The summed E-state index contributed by atoms with van der Waals surface area (Å²) < 4.78 is 5.69. The zero-order chi connectivity index (χ0) is 16.2. The lowest BCUT2D eigenvalue weighted by atomic mass is 10.2. The second-order valence-corrected chi connectivity index (χ2v) is 6.40. The summed E-state index contributed by atoms with van der Waals surface area (Å²) >= 11 is 1.48. The Morgan fingerprint density at radius 2 is 2.04 bits per heavy atom. The highest BCUT2D eigenvalue weighted by Crippen LogP contribution is 2.22. The van der Waals surface area contributed by atoms with Crippen LogP contribution in [0.5, 0.6) is 0 Å². The van der Waals surface area contributed by atoms with Gasteiger partial charge in [-0.1, -0.05) is 30.3 Å². The van der Waals surface area contributed by atoms with Gasteiger partial charge in [-0.05, 0) is 13.8 Å². The number of thiazole rings is 1. The van der Waals surface area contributed by atoms with Gasteiger partial charge in [0, 0.05) is 23.3 Å². The molecule has 1 aromatic carbocycles. The zero-order valence-electron chi connectivity index (χ0n) is 13.0. The Balaban J connectivity index is 1.56. The molecule has 3 aromatic rings. The molecule has 2 aromatic heterocycles. The number of nitrogens with one attached hydrogen (secondary N) is 1. The van der Waals surface area contributed by atoms with Crippen molar-refractivity contribution in [2.75, 3.05) is 5.32 Å². The van der Waals surface area contributed by atoms with E-state index < -0.39 is 0 Å². The van der Waals surface area contributed by atoms with Crippen molar-refractivity contribution >= 4 is 22.4 Å². The molecule has 0 aliphatic heterocycles. The molecule has 6 heteroatoms. The fourth-order valence-electron chi connectivity index (χ4n) is 2.09. The fraction of sp³-hybridized carbons (Fsp3) is 0.235. The van der Waals surface area contributed by atoms with Crippen LogP contribution in [0.1, 0.15) is 22.9 Å². The van der Waals surface area contributed by atoms with E-state index in [-0.39, 0.29) is 5.91 Å². The molecule has 0 spiro atoms. The van der Waals surface area contributed by atoms with E-state index in [4.69, 9.17) is 4.42 Å². The van der Waals surface area contributed by atoms with Gasteiger partial charge in [0.1, 0.15) is 0 Å². The van der Waals surface area contributed by atoms with E-state index in [1.807, 2.05) is 44.2 Å². The Morgan fingerprint density at radius 3 is 2.74 bits per heavy atom. The second kappa shape index (κ2) is 6.75. The van der Waals surface area contributed by atoms with E-state index in [0.717, 1.165) is 16.1 Å². The minimum absolute atomic E-state index is 0.0850. The first-order valence-corrected chi connectivity index (χ1v) is 8.17. The number of carbonyl (C=O) groups is 1. The van der Waals surface area contributed by atoms with Crippen LogP contribution in [0, 0.1) is 13.8 Å². The molecule has 0 atom stereocenters. The maximum Gasteiger partial charge on any atom is 0.226 e. The molecule has 3 rings (SSSR count). The monoisotopic (exact) mass is 327 g/mol. The first kappa shape index (κ1) is 15.4. The molecular formula is C17H17N3O2S. The Kier molecular flexibility index (Phi) is 4.52. The molecule has 1 amide bonds. The van der Waals surface area contributed by atoms with Gasteiger partial charge in [0.2, 0.25) is 5.91 Å². The van der Waals surface area contributed by atoms with Crippen molar-refractivity contribution in [2.45, 2.75) is 26.7 Å². The van der Waals surface area contributed by atoms with Gasteiger partial charge >= 0.3 is 0 Å². The number of anilines is 1. The summed E-state index contributed by atoms with van der Waals surface area (Å²) in [7, 11) is 0. The largest absolute Gasteiger partial charge is 0.441 e. The summed E-state index contributed by atoms with van der Waals surface area (Å²) in [6, 6.07) is 9.77. The van der Waals surface area contributed by atoms with Crippen molar-refractivity contribution in [1.82, 2.24) is 9.97 Å². The Morgan fingerprint density at radius 1 is 1.26 bits per heavy atom. The fourth-order valence-corrected chi connectivity index (χ4v) is 2.92. The number of aryl methyl sites for hydroxylation is 3. The predicted molar refractivity (Wildman–Crippen MR) is 90.5 cm³/mol. The maximum absolute atomic E-state index is 12.0. The molecule has 0 fully saturated rings. The van der Waals surface area contributed by atoms with Crippen LogP contribution in [0.3, 0.4) is 0 Å². The molecule has 0 bridgehead atoms. The van der Waals surface area contributed by atoms with Crippen molar-refractivity contribution in [3.05, 3.63) is 53.0 Å². The molecule has 1 N–H and O–H groups in total. The number of nitrogens with zero attached hydrogens (tertiary/aromatic N) is 2. The highest BCUT2D eigenvalue weighted by atomic mass is 32.1. The van der Waals surface area contributed by atoms with E-state index in [9.17, 15) is 4.79 Å². The number of aromatic nitrogens is 2. The van der Waals surface area contributed by atoms with E-state index in [2.05, 4.69) is 15.3 Å². The number of amides is 1. The van der Waals surface area contributed by atoms with E-state index in [0.29, 0.717) is 29.6 Å². The molecule has 0 unspecified atom stereocenters. The van der Waals surface area contributed by atoms with Crippen LogP contribution >= 0.6 is 11.3 Å². The lowest BCUT2D eigenvalue weighted by molar-refractivity contribution is -0.116. The third-order valence-corrected chi connectivity index (χ3v) is 4.44. The summed E-state index contributed by atoms with van der Waals surface area (Å²) in [5, 5.41) is 3.45. The third kappa shape index (κ3) is 3.84. The van der Waals surface area contributed by atoms with Gasteiger partial charge in [-0.25, -0.2) is 9.97 Å². The number of carbonyl (C=O) groups excluding carboxylic acids is 1. The average molecular weight is 327 g/mol. The van der Waals surface area contributed by atoms with Crippen molar-refractivity contribution in [3.63, 3.8) is 0 Å². The van der Waals surface area contributed by atoms with Crippen LogP contribution in [-0.2, 0) is 11.2 Å². The number of hydrogen-bond acceptors (Lipinski definition) is 5. The smallest absolute Gasteiger partial charge is 0.226 e. The molecule has 0 radical (unpaired) electrons. The SMILES string of the molecule is Cc1nc(NC(=O)CCc2ncc(-c3ccccc3)o2)sc1C. The van der Waals surface area contributed by atoms with Crippen LogP contribution in [-0.4, -0.2) is 15.9 Å². The summed E-state index contributed by atoms with van der Waals surface area (Å²) in [5.74, 6) is 1.19. The number of hydrogen-bond donors (Lipinski definition) is 1. The molecule has 118 valence electrons. The Labute approximate surface area is 138 Å². The molecule has 5 nitrogen and oxygen atoms in total. The van der Waals surface area contributed by atoms with E-state index in [1.54, 1.807) is 6.20 Å². The highest BCUT2D eigenvalue weighted by Gasteiger charge is 2.11. The standard InChI is InChI=1S/C17H17N3O2S/c1-11-12(2)23-17(19-11)20-15(21)8-9-16-18-10-14(22-16)13-6-4-3-5-7-13/h3-7,10H,8-9H2,1-2H3,(H,19,20,21). The van der Waals surface area contributed by atoms with Crippen LogP contribution in [0.4, 0.5) is 5.13 Å². The topological polar surface area (TPSA) is 68.0 Å². The van der Waals surface area contributed by atoms with Gasteiger partial charge in [-0.3, -0.25) is 4.79 Å². The van der Waals surface area contributed by atoms with E-state index in [1.165, 1.54) is 11.3 Å². The number of rotatable bonds is 5. The Bertz CT molecular complexity index is 789. The van der Waals surface area contributed by atoms with Crippen LogP contribution in [0.15, 0.2) is 40.9 Å². The highest BCUT2D eigenvalue weighted by molar-refractivity contribution is 7.15. The first-order chi connectivity index (χ1) is 11.1. The van der Waals surface area contributed by atoms with Gasteiger partial charge in [0.15, 0.2) is 16.8 Å². The quantitative estimate of drug-likeness (QED) is 0.769. The summed E-state index contributed by atoms with van der Waals surface area (Å²) in [4.78, 5) is 21.6. The van der Waals surface area contributed by atoms with Gasteiger partial charge < -0.3 is 9.73 Å². The minimum Gasteiger partial charge on any atom is -0.441 e.